The zero-order chi connectivity index (χ0) is 35.4. The van der Waals surface area contributed by atoms with Crippen LogP contribution in [-0.2, 0) is 32.9 Å². The number of nitrogens with zero attached hydrogens (tertiary/aromatic N) is 1. The summed E-state index contributed by atoms with van der Waals surface area (Å²) in [4.78, 5) is 30.6. The van der Waals surface area contributed by atoms with E-state index in [-0.39, 0.29) is 23.9 Å². The second-order valence-electron chi connectivity index (χ2n) is 12.6. The van der Waals surface area contributed by atoms with Crippen molar-refractivity contribution in [1.29, 1.82) is 0 Å². The molecule has 0 aliphatic carbocycles. The zero-order valence-electron chi connectivity index (χ0n) is 28.8. The van der Waals surface area contributed by atoms with Crippen LogP contribution in [0.5, 0.6) is 11.5 Å². The highest BCUT2D eigenvalue weighted by molar-refractivity contribution is 5.98. The van der Waals surface area contributed by atoms with Crippen molar-refractivity contribution in [2.45, 2.75) is 60.5 Å². The van der Waals surface area contributed by atoms with Gasteiger partial charge in [-0.2, -0.15) is 0 Å². The lowest BCUT2D eigenvalue weighted by Crippen LogP contribution is -2.13. The van der Waals surface area contributed by atoms with Crippen molar-refractivity contribution in [3.05, 3.63) is 127 Å². The third-order valence-electron chi connectivity index (χ3n) is 8.57. The summed E-state index contributed by atoms with van der Waals surface area (Å²) in [6.07, 6.45) is 10.1. The van der Waals surface area contributed by atoms with Crippen LogP contribution in [0.25, 0.3) is 44.4 Å². The Balaban J connectivity index is 0.000000191. The van der Waals surface area contributed by atoms with Gasteiger partial charge in [-0.3, -0.25) is 9.59 Å². The molecule has 0 aliphatic rings. The van der Waals surface area contributed by atoms with Gasteiger partial charge in [-0.25, -0.2) is 0 Å². The molecule has 0 spiro atoms. The van der Waals surface area contributed by atoms with Gasteiger partial charge >= 0.3 is 0 Å². The fourth-order valence-electron chi connectivity index (χ4n) is 5.87. The number of aliphatic hydroxyl groups excluding tert-OH is 1. The van der Waals surface area contributed by atoms with Gasteiger partial charge in [0.15, 0.2) is 11.5 Å². The minimum Gasteiger partial charge on any atom is -0.503 e. The summed E-state index contributed by atoms with van der Waals surface area (Å²) in [5.74, 6) is 0.130. The summed E-state index contributed by atoms with van der Waals surface area (Å²) in [5.41, 5.74) is 8.18. The molecule has 0 saturated heterocycles. The first-order valence-electron chi connectivity index (χ1n) is 16.3. The first kappa shape index (κ1) is 34.8. The molecule has 9 heteroatoms. The first-order chi connectivity index (χ1) is 23.4. The molecule has 0 unspecified atom stereocenters. The van der Waals surface area contributed by atoms with E-state index in [9.17, 15) is 24.9 Å². The van der Waals surface area contributed by atoms with E-state index in [0.717, 1.165) is 51.3 Å². The fourth-order valence-corrected chi connectivity index (χ4v) is 5.87. The van der Waals surface area contributed by atoms with Crippen molar-refractivity contribution >= 4 is 21.8 Å². The highest BCUT2D eigenvalue weighted by Crippen LogP contribution is 2.36. The SMILES string of the molecule is CC(C)=CCc1cccc2c(-c3c(O)c(=O)cc(CO)n3C)c[nH]c12.CCc1cc(=O)c(O)c(-c2c[nH]c3c(CC=C(C)C)cccc23)o1. The summed E-state index contributed by atoms with van der Waals surface area (Å²) in [5, 5.41) is 31.8. The number of aryl methyl sites for hydroxylation is 1. The molecule has 0 radical (unpaired) electrons. The van der Waals surface area contributed by atoms with Gasteiger partial charge < -0.3 is 34.3 Å². The van der Waals surface area contributed by atoms with Crippen LogP contribution in [0.15, 0.2) is 98.2 Å². The maximum Gasteiger partial charge on any atom is 0.227 e. The van der Waals surface area contributed by atoms with Crippen molar-refractivity contribution in [3.8, 4) is 34.1 Å². The number of fused-ring (bicyclic) bond motifs is 2. The third-order valence-corrected chi connectivity index (χ3v) is 8.57. The Kier molecular flexibility index (Phi) is 10.4. The Hall–Kier alpha value is -5.54. The zero-order valence-corrected chi connectivity index (χ0v) is 28.8. The molecule has 5 N–H and O–H groups in total. The number of aromatic nitrogens is 3. The van der Waals surface area contributed by atoms with E-state index in [0.29, 0.717) is 29.1 Å². The number of hydrogen-bond acceptors (Lipinski definition) is 6. The predicted octanol–water partition coefficient (Wildman–Crippen LogP) is 7.81. The Bertz CT molecular complexity index is 2320. The van der Waals surface area contributed by atoms with E-state index in [1.165, 1.54) is 23.3 Å². The third kappa shape index (κ3) is 7.17. The number of H-pyrrole nitrogens is 2. The van der Waals surface area contributed by atoms with Crippen LogP contribution in [0, 0.1) is 0 Å². The van der Waals surface area contributed by atoms with Crippen LogP contribution in [0.2, 0.25) is 0 Å². The van der Waals surface area contributed by atoms with E-state index in [1.54, 1.807) is 24.0 Å². The van der Waals surface area contributed by atoms with Crippen molar-refractivity contribution in [3.63, 3.8) is 0 Å². The fraction of sp³-hybridized carbons (Fsp3) is 0.250. The Morgan fingerprint density at radius 2 is 1.33 bits per heavy atom. The van der Waals surface area contributed by atoms with Gasteiger partial charge in [0.2, 0.25) is 16.6 Å². The summed E-state index contributed by atoms with van der Waals surface area (Å²) < 4.78 is 7.40. The molecule has 0 aliphatic heterocycles. The molecular formula is C40H43N3O6. The lowest BCUT2D eigenvalue weighted by Gasteiger charge is -2.14. The summed E-state index contributed by atoms with van der Waals surface area (Å²) >= 11 is 0. The van der Waals surface area contributed by atoms with E-state index in [1.807, 2.05) is 31.2 Å². The molecule has 4 heterocycles. The summed E-state index contributed by atoms with van der Waals surface area (Å²) in [6.45, 7) is 9.91. The molecule has 6 aromatic rings. The molecule has 0 saturated carbocycles. The monoisotopic (exact) mass is 661 g/mol. The smallest absolute Gasteiger partial charge is 0.227 e. The van der Waals surface area contributed by atoms with Gasteiger partial charge in [0, 0.05) is 76.6 Å². The van der Waals surface area contributed by atoms with Crippen LogP contribution in [-0.4, -0.2) is 29.9 Å². The molecule has 0 atom stereocenters. The minimum absolute atomic E-state index is 0.227. The Morgan fingerprint density at radius 3 is 1.86 bits per heavy atom. The highest BCUT2D eigenvalue weighted by Gasteiger charge is 2.19. The van der Waals surface area contributed by atoms with Crippen LogP contribution in [0.3, 0.4) is 0 Å². The van der Waals surface area contributed by atoms with Gasteiger partial charge in [-0.1, -0.05) is 66.6 Å². The molecule has 4 aromatic heterocycles. The second kappa shape index (κ2) is 14.7. The molecule has 0 fully saturated rings. The number of pyridine rings is 1. The lowest BCUT2D eigenvalue weighted by atomic mass is 10.0. The van der Waals surface area contributed by atoms with Crippen molar-refractivity contribution in [2.24, 2.45) is 7.05 Å². The van der Waals surface area contributed by atoms with Crippen molar-refractivity contribution in [2.75, 3.05) is 0 Å². The molecule has 6 rings (SSSR count). The number of hydrogen-bond donors (Lipinski definition) is 5. The van der Waals surface area contributed by atoms with Gasteiger partial charge in [0.25, 0.3) is 0 Å². The molecule has 0 bridgehead atoms. The van der Waals surface area contributed by atoms with Crippen molar-refractivity contribution in [1.82, 2.24) is 14.5 Å². The van der Waals surface area contributed by atoms with Crippen LogP contribution in [0.1, 0.15) is 57.2 Å². The number of para-hydroxylation sites is 2. The molecule has 2 aromatic carbocycles. The van der Waals surface area contributed by atoms with E-state index >= 15 is 0 Å². The average molecular weight is 662 g/mol. The number of aliphatic hydroxyl groups is 1. The largest absolute Gasteiger partial charge is 0.503 e. The average Bonchev–Trinajstić information content (AvgIpc) is 3.71. The number of nitrogens with one attached hydrogen (secondary N) is 2. The summed E-state index contributed by atoms with van der Waals surface area (Å²) in [6, 6.07) is 14.6. The van der Waals surface area contributed by atoms with Gasteiger partial charge in [0.1, 0.15) is 5.76 Å². The number of benzene rings is 2. The number of allylic oxidation sites excluding steroid dienone is 4. The molecule has 254 valence electrons. The molecule has 49 heavy (non-hydrogen) atoms. The standard InChI is InChI=1S/C20H22N2O3.C20H21NO3/c1-12(2)7-8-13-5-4-6-15-16(10-21-18(13)15)19-20(25)17(24)9-14(11-23)22(19)3;1-4-14-10-17(22)19(23)20(24-14)16-11-21-18-13(9-8-12(2)3)6-5-7-15(16)18/h4-7,9-10,21,23,25H,8,11H2,1-3H3;5-8,10-11,21,23H,4,9H2,1-3H3. The van der Waals surface area contributed by atoms with Crippen LogP contribution in [0.4, 0.5) is 0 Å². The van der Waals surface area contributed by atoms with Crippen LogP contribution >= 0.6 is 0 Å². The Morgan fingerprint density at radius 1 is 0.796 bits per heavy atom. The van der Waals surface area contributed by atoms with Gasteiger partial charge in [-0.05, 0) is 51.7 Å². The van der Waals surface area contributed by atoms with E-state index in [2.05, 4.69) is 61.9 Å². The van der Waals surface area contributed by atoms with E-state index in [4.69, 9.17) is 4.42 Å². The maximum atomic E-state index is 12.1. The second-order valence-corrected chi connectivity index (χ2v) is 12.6. The lowest BCUT2D eigenvalue weighted by molar-refractivity contribution is 0.271. The molecule has 0 amide bonds. The van der Waals surface area contributed by atoms with Gasteiger partial charge in [-0.15, -0.1) is 0 Å². The maximum absolute atomic E-state index is 12.1. The summed E-state index contributed by atoms with van der Waals surface area (Å²) in [7, 11) is 1.73. The Labute approximate surface area is 284 Å². The normalized spacial score (nSPS) is 11.0. The van der Waals surface area contributed by atoms with Crippen molar-refractivity contribution < 1.29 is 19.7 Å². The first-order valence-corrected chi connectivity index (χ1v) is 16.3. The minimum atomic E-state index is -0.493. The number of rotatable bonds is 8. The highest BCUT2D eigenvalue weighted by atomic mass is 16.4. The number of aromatic hydroxyl groups is 2. The topological polar surface area (TPSA) is 144 Å². The van der Waals surface area contributed by atoms with Crippen LogP contribution < -0.4 is 10.9 Å². The molecule has 9 nitrogen and oxygen atoms in total. The van der Waals surface area contributed by atoms with Gasteiger partial charge in [0.05, 0.1) is 12.3 Å². The molecular weight excluding hydrogens is 618 g/mol. The number of aromatic amines is 2. The quantitative estimate of drug-likeness (QED) is 0.105. The van der Waals surface area contributed by atoms with E-state index < -0.39 is 10.9 Å². The predicted molar refractivity (Wildman–Crippen MR) is 196 cm³/mol.